The van der Waals surface area contributed by atoms with Gasteiger partial charge in [-0.2, -0.15) is 0 Å². The molecule has 0 radical (unpaired) electrons. The molecule has 0 saturated heterocycles. The molecule has 0 N–H and O–H groups in total. The number of rotatable bonds is 12. The molecule has 4 aromatic rings. The van der Waals surface area contributed by atoms with E-state index >= 15 is 0 Å². The van der Waals surface area contributed by atoms with Crippen molar-refractivity contribution in [1.29, 1.82) is 0 Å². The van der Waals surface area contributed by atoms with Crippen LogP contribution in [0.15, 0.2) is 36.4 Å². The normalized spacial score (nSPS) is 13.9. The molecule has 0 aliphatic rings. The summed E-state index contributed by atoms with van der Waals surface area (Å²) in [6.07, 6.45) is 13.0. The average molecular weight is 455 g/mol. The van der Waals surface area contributed by atoms with E-state index in [2.05, 4.69) is 77.9 Å². The molecule has 0 nitrogen and oxygen atoms in total. The van der Waals surface area contributed by atoms with E-state index in [1.54, 1.807) is 11.1 Å². The molecule has 2 atom stereocenters. The highest BCUT2D eigenvalue weighted by molar-refractivity contribution is 6.25. The van der Waals surface area contributed by atoms with Gasteiger partial charge in [-0.3, -0.25) is 0 Å². The lowest BCUT2D eigenvalue weighted by Crippen LogP contribution is -2.06. The highest BCUT2D eigenvalue weighted by Crippen LogP contribution is 2.41. The molecule has 0 heterocycles. The zero-order valence-electron chi connectivity index (χ0n) is 22.7. The maximum Gasteiger partial charge on any atom is -0.00212 e. The van der Waals surface area contributed by atoms with E-state index in [4.69, 9.17) is 0 Å². The maximum atomic E-state index is 2.50. The number of benzene rings is 4. The van der Waals surface area contributed by atoms with Gasteiger partial charge in [-0.15, -0.1) is 0 Å². The van der Waals surface area contributed by atoms with E-state index in [1.165, 1.54) is 108 Å². The molecule has 0 aliphatic heterocycles. The van der Waals surface area contributed by atoms with Gasteiger partial charge in [-0.05, 0) is 93.1 Å². The SMILES string of the molecule is CCCCC(CC)Cc1cc(C)c2ccc3c(C)cc(CC(CC)CCCC)c4ccc1c2c34. The average Bonchev–Trinajstić information content (AvgIpc) is 2.85. The first-order valence-electron chi connectivity index (χ1n) is 14.2. The minimum absolute atomic E-state index is 0.791. The quantitative estimate of drug-likeness (QED) is 0.187. The summed E-state index contributed by atoms with van der Waals surface area (Å²) in [5.74, 6) is 1.58. The first kappa shape index (κ1) is 25.0. The summed E-state index contributed by atoms with van der Waals surface area (Å²) in [5.41, 5.74) is 6.03. The van der Waals surface area contributed by atoms with Gasteiger partial charge in [-0.1, -0.05) is 115 Å². The second-order valence-electron chi connectivity index (χ2n) is 11.0. The summed E-state index contributed by atoms with van der Waals surface area (Å²) in [6.45, 7) is 14.0. The largest absolute Gasteiger partial charge is 0.0654 e. The fourth-order valence-electron chi connectivity index (χ4n) is 6.37. The van der Waals surface area contributed by atoms with Crippen LogP contribution in [-0.2, 0) is 12.8 Å². The Bertz CT molecular complexity index is 1130. The second kappa shape index (κ2) is 11.1. The van der Waals surface area contributed by atoms with Gasteiger partial charge < -0.3 is 0 Å². The summed E-state index contributed by atoms with van der Waals surface area (Å²) >= 11 is 0. The van der Waals surface area contributed by atoms with Crippen molar-refractivity contribution < 1.29 is 0 Å². The standard InChI is InChI=1S/C34H46/c1-7-11-13-25(9-3)21-27-19-23(5)29-15-16-30-24(6)20-28(22-26(10-4)14-12-8-2)32-18-17-31(27)33(29)34(30)32/h15-20,25-26H,7-14,21-22H2,1-6H3. The van der Waals surface area contributed by atoms with Gasteiger partial charge in [-0.25, -0.2) is 0 Å². The van der Waals surface area contributed by atoms with E-state index in [-0.39, 0.29) is 0 Å². The molecule has 0 amide bonds. The third-order valence-electron chi connectivity index (χ3n) is 8.59. The molecule has 0 spiro atoms. The maximum absolute atomic E-state index is 2.50. The Hall–Kier alpha value is -2.08. The van der Waals surface area contributed by atoms with Gasteiger partial charge in [0.1, 0.15) is 0 Å². The van der Waals surface area contributed by atoms with Crippen LogP contribution in [0.2, 0.25) is 0 Å². The fraction of sp³-hybridized carbons (Fsp3) is 0.529. The molecule has 0 heteroatoms. The van der Waals surface area contributed by atoms with Gasteiger partial charge in [0, 0.05) is 0 Å². The van der Waals surface area contributed by atoms with Crippen LogP contribution in [-0.4, -0.2) is 0 Å². The van der Waals surface area contributed by atoms with Gasteiger partial charge in [0.25, 0.3) is 0 Å². The van der Waals surface area contributed by atoms with Crippen LogP contribution in [0.3, 0.4) is 0 Å². The third kappa shape index (κ3) is 4.84. The lowest BCUT2D eigenvalue weighted by atomic mass is 9.82. The molecule has 0 fully saturated rings. The molecule has 2 unspecified atom stereocenters. The zero-order chi connectivity index (χ0) is 24.2. The first-order valence-corrected chi connectivity index (χ1v) is 14.2. The summed E-state index contributed by atoms with van der Waals surface area (Å²) < 4.78 is 0. The summed E-state index contributed by atoms with van der Waals surface area (Å²) in [5, 5.41) is 8.97. The number of aryl methyl sites for hydroxylation is 2. The molecular formula is C34H46. The van der Waals surface area contributed by atoms with Crippen LogP contribution in [0, 0.1) is 25.7 Å². The van der Waals surface area contributed by atoms with E-state index in [0.29, 0.717) is 0 Å². The molecule has 34 heavy (non-hydrogen) atoms. The van der Waals surface area contributed by atoms with Crippen molar-refractivity contribution >= 4 is 32.3 Å². The summed E-state index contributed by atoms with van der Waals surface area (Å²) in [7, 11) is 0. The van der Waals surface area contributed by atoms with Gasteiger partial charge >= 0.3 is 0 Å². The molecule has 0 saturated carbocycles. The lowest BCUT2D eigenvalue weighted by Gasteiger charge is -2.22. The van der Waals surface area contributed by atoms with Crippen LogP contribution >= 0.6 is 0 Å². The van der Waals surface area contributed by atoms with Crippen molar-refractivity contribution in [2.75, 3.05) is 0 Å². The zero-order valence-corrected chi connectivity index (χ0v) is 22.7. The Morgan fingerprint density at radius 3 is 1.29 bits per heavy atom. The van der Waals surface area contributed by atoms with Crippen LogP contribution in [0.5, 0.6) is 0 Å². The lowest BCUT2D eigenvalue weighted by molar-refractivity contribution is 0.450. The Kier molecular flexibility index (Phi) is 8.18. The fourth-order valence-corrected chi connectivity index (χ4v) is 6.37. The second-order valence-corrected chi connectivity index (χ2v) is 11.0. The molecule has 0 aromatic heterocycles. The summed E-state index contributed by atoms with van der Waals surface area (Å²) in [4.78, 5) is 0. The van der Waals surface area contributed by atoms with Crippen molar-refractivity contribution in [3.63, 3.8) is 0 Å². The molecular weight excluding hydrogens is 408 g/mol. The highest BCUT2D eigenvalue weighted by atomic mass is 14.2. The van der Waals surface area contributed by atoms with Crippen LogP contribution in [0.25, 0.3) is 32.3 Å². The predicted molar refractivity (Wildman–Crippen MR) is 154 cm³/mol. The minimum atomic E-state index is 0.791. The van der Waals surface area contributed by atoms with Gasteiger partial charge in [0.05, 0.1) is 0 Å². The predicted octanol–water partition coefficient (Wildman–Crippen LogP) is 10.7. The van der Waals surface area contributed by atoms with Crippen molar-refractivity contribution in [3.8, 4) is 0 Å². The van der Waals surface area contributed by atoms with Crippen LogP contribution in [0.4, 0.5) is 0 Å². The molecule has 4 rings (SSSR count). The Morgan fingerprint density at radius 2 is 0.941 bits per heavy atom. The van der Waals surface area contributed by atoms with Crippen molar-refractivity contribution in [1.82, 2.24) is 0 Å². The Morgan fingerprint density at radius 1 is 0.559 bits per heavy atom. The number of hydrogen-bond donors (Lipinski definition) is 0. The topological polar surface area (TPSA) is 0 Å². The van der Waals surface area contributed by atoms with Gasteiger partial charge in [0.2, 0.25) is 0 Å². The Labute approximate surface area is 208 Å². The smallest absolute Gasteiger partial charge is 0.00212 e. The number of unbranched alkanes of at least 4 members (excludes halogenated alkanes) is 2. The third-order valence-corrected chi connectivity index (χ3v) is 8.59. The molecule has 0 aliphatic carbocycles. The first-order chi connectivity index (χ1) is 16.5. The molecule has 182 valence electrons. The van der Waals surface area contributed by atoms with Crippen LogP contribution < -0.4 is 0 Å². The summed E-state index contributed by atoms with van der Waals surface area (Å²) in [6, 6.07) is 14.7. The van der Waals surface area contributed by atoms with E-state index in [0.717, 1.165) is 11.8 Å². The minimum Gasteiger partial charge on any atom is -0.0654 e. The number of hydrogen-bond acceptors (Lipinski definition) is 0. The van der Waals surface area contributed by atoms with Crippen molar-refractivity contribution in [3.05, 3.63) is 58.7 Å². The van der Waals surface area contributed by atoms with E-state index in [9.17, 15) is 0 Å². The molecule has 0 bridgehead atoms. The Balaban J connectivity index is 1.89. The highest BCUT2D eigenvalue weighted by Gasteiger charge is 2.19. The molecule has 4 aromatic carbocycles. The monoisotopic (exact) mass is 454 g/mol. The van der Waals surface area contributed by atoms with Gasteiger partial charge in [0.15, 0.2) is 0 Å². The van der Waals surface area contributed by atoms with Crippen LogP contribution in [0.1, 0.15) is 101 Å². The van der Waals surface area contributed by atoms with E-state index < -0.39 is 0 Å². The van der Waals surface area contributed by atoms with Crippen molar-refractivity contribution in [2.45, 2.75) is 106 Å². The van der Waals surface area contributed by atoms with E-state index in [1.807, 2.05) is 0 Å². The van der Waals surface area contributed by atoms with Crippen molar-refractivity contribution in [2.24, 2.45) is 11.8 Å².